The van der Waals surface area contributed by atoms with Crippen LogP contribution in [0.3, 0.4) is 0 Å². The topological polar surface area (TPSA) is 41.5 Å². The van der Waals surface area contributed by atoms with E-state index in [0.29, 0.717) is 6.04 Å². The van der Waals surface area contributed by atoms with Gasteiger partial charge in [0.1, 0.15) is 5.75 Å². The molecule has 0 saturated carbocycles. The van der Waals surface area contributed by atoms with E-state index in [-0.39, 0.29) is 12.1 Å². The van der Waals surface area contributed by atoms with Crippen LogP contribution >= 0.6 is 11.8 Å². The van der Waals surface area contributed by atoms with Gasteiger partial charge in [-0.15, -0.1) is 11.8 Å². The van der Waals surface area contributed by atoms with Crippen molar-refractivity contribution in [1.82, 2.24) is 5.32 Å². The fourth-order valence-corrected chi connectivity index (χ4v) is 3.08. The van der Waals surface area contributed by atoms with Crippen LogP contribution in [0, 0.1) is 0 Å². The average molecular weight is 283 g/mol. The van der Waals surface area contributed by atoms with Crippen LogP contribution in [0.2, 0.25) is 0 Å². The number of thioether (sulfide) groups is 1. The summed E-state index contributed by atoms with van der Waals surface area (Å²) < 4.78 is 5.14. The van der Waals surface area contributed by atoms with Crippen molar-refractivity contribution in [3.63, 3.8) is 0 Å². The maximum absolute atomic E-state index is 9.51. The van der Waals surface area contributed by atoms with E-state index in [1.54, 1.807) is 18.9 Å². The number of benzene rings is 1. The molecule has 3 nitrogen and oxygen atoms in total. The van der Waals surface area contributed by atoms with Gasteiger partial charge in [0, 0.05) is 16.5 Å². The molecule has 4 heteroatoms. The number of rotatable bonds is 8. The molecule has 0 aromatic heterocycles. The van der Waals surface area contributed by atoms with Gasteiger partial charge in [-0.25, -0.2) is 0 Å². The first-order valence-corrected chi connectivity index (χ1v) is 7.63. The lowest BCUT2D eigenvalue weighted by Crippen LogP contribution is -2.49. The van der Waals surface area contributed by atoms with Crippen LogP contribution in [0.15, 0.2) is 29.2 Å². The van der Waals surface area contributed by atoms with Gasteiger partial charge in [-0.2, -0.15) is 0 Å². The monoisotopic (exact) mass is 283 g/mol. The zero-order chi connectivity index (χ0) is 14.3. The number of methoxy groups -OCH3 is 1. The minimum Gasteiger partial charge on any atom is -0.497 e. The van der Waals surface area contributed by atoms with Crippen LogP contribution in [0.5, 0.6) is 5.75 Å². The van der Waals surface area contributed by atoms with Crippen LogP contribution in [0.4, 0.5) is 0 Å². The first-order chi connectivity index (χ1) is 8.99. The number of hydrogen-bond donors (Lipinski definition) is 2. The lowest BCUT2D eigenvalue weighted by molar-refractivity contribution is 0.162. The van der Waals surface area contributed by atoms with Crippen LogP contribution < -0.4 is 10.1 Å². The summed E-state index contributed by atoms with van der Waals surface area (Å²) in [5.41, 5.74) is -0.201. The van der Waals surface area contributed by atoms with E-state index < -0.39 is 0 Å². The molecule has 108 valence electrons. The van der Waals surface area contributed by atoms with Crippen molar-refractivity contribution in [3.8, 4) is 5.75 Å². The number of aliphatic hydroxyl groups excluding tert-OH is 1. The molecule has 0 aliphatic carbocycles. The van der Waals surface area contributed by atoms with E-state index in [9.17, 15) is 5.11 Å². The Bertz CT molecular complexity index is 367. The Labute approximate surface area is 120 Å². The van der Waals surface area contributed by atoms with Crippen LogP contribution in [-0.4, -0.2) is 36.2 Å². The highest BCUT2D eigenvalue weighted by atomic mass is 32.2. The van der Waals surface area contributed by atoms with Crippen molar-refractivity contribution in [2.24, 2.45) is 0 Å². The summed E-state index contributed by atoms with van der Waals surface area (Å²) in [5.74, 6) is 1.86. The zero-order valence-corrected chi connectivity index (χ0v) is 13.1. The van der Waals surface area contributed by atoms with Crippen LogP contribution in [0.25, 0.3) is 0 Å². The minimum atomic E-state index is -0.201. The molecule has 0 amide bonds. The van der Waals surface area contributed by atoms with Crippen molar-refractivity contribution in [2.75, 3.05) is 19.5 Å². The molecule has 1 aromatic carbocycles. The highest BCUT2D eigenvalue weighted by Crippen LogP contribution is 2.24. The number of ether oxygens (including phenoxy) is 1. The summed E-state index contributed by atoms with van der Waals surface area (Å²) in [5, 5.41) is 12.9. The highest BCUT2D eigenvalue weighted by Gasteiger charge is 2.23. The first-order valence-electron chi connectivity index (χ1n) is 6.64. The SMILES string of the molecule is COc1ccc(SCCC(C)(CO)NC(C)C)cc1. The number of aliphatic hydroxyl groups is 1. The van der Waals surface area contributed by atoms with Crippen molar-refractivity contribution in [1.29, 1.82) is 0 Å². The molecule has 1 rings (SSSR count). The fraction of sp³-hybridized carbons (Fsp3) is 0.600. The molecular formula is C15H25NO2S. The quantitative estimate of drug-likeness (QED) is 0.720. The fourth-order valence-electron chi connectivity index (χ4n) is 1.96. The van der Waals surface area contributed by atoms with Gasteiger partial charge in [-0.1, -0.05) is 13.8 Å². The van der Waals surface area contributed by atoms with Gasteiger partial charge in [0.05, 0.1) is 13.7 Å². The lowest BCUT2D eigenvalue weighted by Gasteiger charge is -2.31. The molecule has 0 aliphatic rings. The summed E-state index contributed by atoms with van der Waals surface area (Å²) in [6.07, 6.45) is 0.929. The largest absolute Gasteiger partial charge is 0.497 e. The van der Waals surface area contributed by atoms with Gasteiger partial charge in [-0.05, 0) is 43.4 Å². The molecule has 0 aliphatic heterocycles. The third kappa shape index (κ3) is 5.85. The molecule has 1 unspecified atom stereocenters. The van der Waals surface area contributed by atoms with Crippen molar-refractivity contribution >= 4 is 11.8 Å². The molecule has 2 N–H and O–H groups in total. The first kappa shape index (κ1) is 16.3. The summed E-state index contributed by atoms with van der Waals surface area (Å²) in [7, 11) is 1.67. The van der Waals surface area contributed by atoms with Crippen molar-refractivity contribution < 1.29 is 9.84 Å². The van der Waals surface area contributed by atoms with Gasteiger partial charge in [0.25, 0.3) is 0 Å². The summed E-state index contributed by atoms with van der Waals surface area (Å²) in [6.45, 7) is 6.44. The third-order valence-corrected chi connectivity index (χ3v) is 3.98. The van der Waals surface area contributed by atoms with E-state index in [4.69, 9.17) is 4.74 Å². The predicted molar refractivity (Wildman–Crippen MR) is 82.1 cm³/mol. The Morgan fingerprint density at radius 1 is 1.32 bits per heavy atom. The summed E-state index contributed by atoms with van der Waals surface area (Å²) in [6, 6.07) is 8.45. The van der Waals surface area contributed by atoms with Gasteiger partial charge in [0.15, 0.2) is 0 Å². The van der Waals surface area contributed by atoms with E-state index in [1.807, 2.05) is 12.1 Å². The van der Waals surface area contributed by atoms with Crippen molar-refractivity contribution in [3.05, 3.63) is 24.3 Å². The Kier molecular flexibility index (Phi) is 6.69. The minimum absolute atomic E-state index is 0.161. The molecule has 0 heterocycles. The Balaban J connectivity index is 2.43. The Morgan fingerprint density at radius 2 is 1.95 bits per heavy atom. The maximum atomic E-state index is 9.51. The molecule has 0 saturated heterocycles. The second kappa shape index (κ2) is 7.78. The van der Waals surface area contributed by atoms with E-state index in [0.717, 1.165) is 17.9 Å². The normalized spacial score (nSPS) is 14.4. The van der Waals surface area contributed by atoms with Gasteiger partial charge in [0.2, 0.25) is 0 Å². The molecular weight excluding hydrogens is 258 g/mol. The van der Waals surface area contributed by atoms with E-state index in [1.165, 1.54) is 4.90 Å². The second-order valence-electron chi connectivity index (χ2n) is 5.29. The van der Waals surface area contributed by atoms with E-state index in [2.05, 4.69) is 38.2 Å². The molecule has 0 spiro atoms. The smallest absolute Gasteiger partial charge is 0.118 e. The van der Waals surface area contributed by atoms with Crippen LogP contribution in [0.1, 0.15) is 27.2 Å². The number of nitrogens with one attached hydrogen (secondary N) is 1. The number of hydrogen-bond acceptors (Lipinski definition) is 4. The average Bonchev–Trinajstić information content (AvgIpc) is 2.38. The zero-order valence-electron chi connectivity index (χ0n) is 12.3. The Hall–Kier alpha value is -0.710. The highest BCUT2D eigenvalue weighted by molar-refractivity contribution is 7.99. The maximum Gasteiger partial charge on any atom is 0.118 e. The molecule has 1 aromatic rings. The third-order valence-electron chi connectivity index (χ3n) is 2.97. The second-order valence-corrected chi connectivity index (χ2v) is 6.46. The summed E-state index contributed by atoms with van der Waals surface area (Å²) in [4.78, 5) is 1.23. The molecule has 1 atom stereocenters. The predicted octanol–water partition coefficient (Wildman–Crippen LogP) is 2.93. The molecule has 19 heavy (non-hydrogen) atoms. The van der Waals surface area contributed by atoms with Gasteiger partial charge in [-0.3, -0.25) is 0 Å². The molecule has 0 radical (unpaired) electrons. The standard InChI is InChI=1S/C15H25NO2S/c1-12(2)16-15(3,11-17)9-10-19-14-7-5-13(18-4)6-8-14/h5-8,12,16-17H,9-11H2,1-4H3. The molecule has 0 bridgehead atoms. The van der Waals surface area contributed by atoms with Crippen LogP contribution in [-0.2, 0) is 0 Å². The van der Waals surface area contributed by atoms with E-state index >= 15 is 0 Å². The lowest BCUT2D eigenvalue weighted by atomic mass is 9.99. The summed E-state index contributed by atoms with van der Waals surface area (Å²) >= 11 is 1.80. The van der Waals surface area contributed by atoms with Gasteiger partial charge >= 0.3 is 0 Å². The van der Waals surface area contributed by atoms with Crippen molar-refractivity contribution in [2.45, 2.75) is 43.7 Å². The molecule has 0 fully saturated rings. The Morgan fingerprint density at radius 3 is 2.42 bits per heavy atom. The van der Waals surface area contributed by atoms with Gasteiger partial charge < -0.3 is 15.2 Å².